The van der Waals surface area contributed by atoms with Gasteiger partial charge in [0.05, 0.1) is 0 Å². The highest BCUT2D eigenvalue weighted by Gasteiger charge is 2.09. The molecule has 0 saturated carbocycles. The Hall–Kier alpha value is -1.10. The van der Waals surface area contributed by atoms with E-state index in [1.165, 1.54) is 0 Å². The number of hydrogen-bond donors (Lipinski definition) is 3. The molecule has 1 atom stereocenters. The van der Waals surface area contributed by atoms with Crippen molar-refractivity contribution >= 4 is 11.8 Å². The Kier molecular flexibility index (Phi) is 10.2. The molecule has 5 nitrogen and oxygen atoms in total. The summed E-state index contributed by atoms with van der Waals surface area (Å²) in [6.45, 7) is 7.47. The number of hydrogen-bond acceptors (Lipinski definition) is 3. The molecule has 5 heteroatoms. The predicted octanol–water partition coefficient (Wildman–Crippen LogP) is 1.03. The van der Waals surface area contributed by atoms with Crippen LogP contribution in [0.2, 0.25) is 0 Å². The van der Waals surface area contributed by atoms with Crippen molar-refractivity contribution in [2.45, 2.75) is 46.5 Å². The van der Waals surface area contributed by atoms with Gasteiger partial charge in [-0.15, -0.1) is 0 Å². The maximum atomic E-state index is 11.6. The van der Waals surface area contributed by atoms with Gasteiger partial charge < -0.3 is 16.4 Å². The highest BCUT2D eigenvalue weighted by atomic mass is 16.2. The summed E-state index contributed by atoms with van der Waals surface area (Å²) in [5.41, 5.74) is 5.52. The third-order valence-corrected chi connectivity index (χ3v) is 3.20. The van der Waals surface area contributed by atoms with E-state index in [0.29, 0.717) is 32.0 Å². The van der Waals surface area contributed by atoms with Crippen molar-refractivity contribution in [1.82, 2.24) is 10.6 Å². The highest BCUT2D eigenvalue weighted by Crippen LogP contribution is 2.13. The Morgan fingerprint density at radius 2 is 1.74 bits per heavy atom. The molecule has 0 aromatic rings. The van der Waals surface area contributed by atoms with Gasteiger partial charge in [0.2, 0.25) is 11.8 Å². The number of nitrogens with two attached hydrogens (primary N) is 1. The van der Waals surface area contributed by atoms with Gasteiger partial charge in [0.1, 0.15) is 0 Å². The van der Waals surface area contributed by atoms with E-state index in [2.05, 4.69) is 17.6 Å². The minimum absolute atomic E-state index is 0.0164. The maximum absolute atomic E-state index is 11.6. The molecular weight excluding hydrogens is 242 g/mol. The summed E-state index contributed by atoms with van der Waals surface area (Å²) in [7, 11) is 0. The fourth-order valence-corrected chi connectivity index (χ4v) is 1.80. The lowest BCUT2D eigenvalue weighted by Gasteiger charge is -2.13. The second kappa shape index (κ2) is 10.8. The lowest BCUT2D eigenvalue weighted by atomic mass is 9.96. The molecule has 0 aliphatic carbocycles. The Morgan fingerprint density at radius 1 is 1.11 bits per heavy atom. The van der Waals surface area contributed by atoms with Gasteiger partial charge in [-0.25, -0.2) is 0 Å². The second-order valence-corrected chi connectivity index (χ2v) is 5.19. The quantitative estimate of drug-likeness (QED) is 0.519. The smallest absolute Gasteiger partial charge is 0.222 e. The molecule has 0 spiro atoms. The Bertz CT molecular complexity index is 267. The van der Waals surface area contributed by atoms with E-state index in [9.17, 15) is 9.59 Å². The summed E-state index contributed by atoms with van der Waals surface area (Å²) in [6, 6.07) is 0. The van der Waals surface area contributed by atoms with Crippen molar-refractivity contribution in [3.8, 4) is 0 Å². The van der Waals surface area contributed by atoms with Crippen LogP contribution >= 0.6 is 0 Å². The summed E-state index contributed by atoms with van der Waals surface area (Å²) < 4.78 is 0. The first kappa shape index (κ1) is 17.9. The molecule has 0 heterocycles. The largest absolute Gasteiger partial charge is 0.354 e. The van der Waals surface area contributed by atoms with Crippen molar-refractivity contribution in [2.75, 3.05) is 19.6 Å². The number of nitrogens with one attached hydrogen (secondary N) is 2. The fraction of sp³-hybridized carbons (Fsp3) is 0.857. The van der Waals surface area contributed by atoms with Gasteiger partial charge in [-0.1, -0.05) is 27.2 Å². The van der Waals surface area contributed by atoms with Crippen LogP contribution in [0.1, 0.15) is 46.5 Å². The Balaban J connectivity index is 3.62. The SMILES string of the molecule is CCC(CCN)CCC(=O)NCCNC(=O)C(C)C. The zero-order valence-electron chi connectivity index (χ0n) is 12.5. The summed E-state index contributed by atoms with van der Waals surface area (Å²) in [5, 5.41) is 5.58. The first-order chi connectivity index (χ1) is 9.01. The molecule has 0 radical (unpaired) electrons. The van der Waals surface area contributed by atoms with Gasteiger partial charge in [0.25, 0.3) is 0 Å². The van der Waals surface area contributed by atoms with E-state index >= 15 is 0 Å². The number of carbonyl (C=O) groups is 2. The molecule has 19 heavy (non-hydrogen) atoms. The van der Waals surface area contributed by atoms with E-state index in [1.54, 1.807) is 0 Å². The van der Waals surface area contributed by atoms with E-state index in [4.69, 9.17) is 5.73 Å². The summed E-state index contributed by atoms with van der Waals surface area (Å²) in [6.07, 6.45) is 3.47. The minimum atomic E-state index is -0.0164. The predicted molar refractivity (Wildman–Crippen MR) is 77.5 cm³/mol. The molecule has 0 bridgehead atoms. The van der Waals surface area contributed by atoms with Crippen LogP contribution in [0.3, 0.4) is 0 Å². The molecule has 0 aliphatic rings. The Labute approximate surface area is 116 Å². The molecular formula is C14H29N3O2. The van der Waals surface area contributed by atoms with E-state index < -0.39 is 0 Å². The lowest BCUT2D eigenvalue weighted by molar-refractivity contribution is -0.124. The average molecular weight is 271 g/mol. The first-order valence-corrected chi connectivity index (χ1v) is 7.25. The van der Waals surface area contributed by atoms with Crippen molar-refractivity contribution < 1.29 is 9.59 Å². The summed E-state index contributed by atoms with van der Waals surface area (Å²) >= 11 is 0. The number of carbonyl (C=O) groups excluding carboxylic acids is 2. The molecule has 0 saturated heterocycles. The summed E-state index contributed by atoms with van der Waals surface area (Å²) in [5.74, 6) is 0.589. The van der Waals surface area contributed by atoms with Crippen LogP contribution in [0.5, 0.6) is 0 Å². The topological polar surface area (TPSA) is 84.2 Å². The molecule has 0 aromatic carbocycles. The molecule has 2 amide bonds. The molecule has 112 valence electrons. The Morgan fingerprint density at radius 3 is 2.26 bits per heavy atom. The van der Waals surface area contributed by atoms with Crippen LogP contribution in [-0.4, -0.2) is 31.4 Å². The zero-order valence-corrected chi connectivity index (χ0v) is 12.5. The van der Waals surface area contributed by atoms with Crippen molar-refractivity contribution in [2.24, 2.45) is 17.6 Å². The minimum Gasteiger partial charge on any atom is -0.354 e. The summed E-state index contributed by atoms with van der Waals surface area (Å²) in [4.78, 5) is 22.9. The highest BCUT2D eigenvalue weighted by molar-refractivity contribution is 5.78. The molecule has 0 rings (SSSR count). The van der Waals surface area contributed by atoms with Gasteiger partial charge in [-0.3, -0.25) is 9.59 Å². The zero-order chi connectivity index (χ0) is 14.7. The average Bonchev–Trinajstić information content (AvgIpc) is 2.39. The third-order valence-electron chi connectivity index (χ3n) is 3.20. The van der Waals surface area contributed by atoms with Gasteiger partial charge in [-0.05, 0) is 25.3 Å². The van der Waals surface area contributed by atoms with Gasteiger partial charge in [0.15, 0.2) is 0 Å². The van der Waals surface area contributed by atoms with Gasteiger partial charge in [0, 0.05) is 25.4 Å². The van der Waals surface area contributed by atoms with E-state index in [1.807, 2.05) is 13.8 Å². The monoisotopic (exact) mass is 271 g/mol. The van der Waals surface area contributed by atoms with Crippen LogP contribution < -0.4 is 16.4 Å². The van der Waals surface area contributed by atoms with Crippen molar-refractivity contribution in [3.63, 3.8) is 0 Å². The van der Waals surface area contributed by atoms with Crippen LogP contribution in [0, 0.1) is 11.8 Å². The molecule has 4 N–H and O–H groups in total. The second-order valence-electron chi connectivity index (χ2n) is 5.19. The van der Waals surface area contributed by atoms with Crippen LogP contribution in [0.4, 0.5) is 0 Å². The normalized spacial score (nSPS) is 12.3. The van der Waals surface area contributed by atoms with Crippen LogP contribution in [-0.2, 0) is 9.59 Å². The lowest BCUT2D eigenvalue weighted by Crippen LogP contribution is -2.36. The standard InChI is InChI=1S/C14H29N3O2/c1-4-12(7-8-15)5-6-13(18)16-9-10-17-14(19)11(2)3/h11-12H,4-10,15H2,1-3H3,(H,16,18)(H,17,19). The van der Waals surface area contributed by atoms with E-state index in [0.717, 1.165) is 19.3 Å². The molecule has 0 aromatic heterocycles. The first-order valence-electron chi connectivity index (χ1n) is 7.25. The number of amides is 2. The number of rotatable bonds is 10. The van der Waals surface area contributed by atoms with Crippen molar-refractivity contribution in [1.29, 1.82) is 0 Å². The third kappa shape index (κ3) is 9.47. The molecule has 0 aliphatic heterocycles. The maximum Gasteiger partial charge on any atom is 0.222 e. The fourth-order valence-electron chi connectivity index (χ4n) is 1.80. The molecule has 0 fully saturated rings. The van der Waals surface area contributed by atoms with Crippen LogP contribution in [0.15, 0.2) is 0 Å². The van der Waals surface area contributed by atoms with Crippen LogP contribution in [0.25, 0.3) is 0 Å². The van der Waals surface area contributed by atoms with E-state index in [-0.39, 0.29) is 17.7 Å². The molecule has 1 unspecified atom stereocenters. The van der Waals surface area contributed by atoms with Gasteiger partial charge >= 0.3 is 0 Å². The van der Waals surface area contributed by atoms with Crippen molar-refractivity contribution in [3.05, 3.63) is 0 Å². The van der Waals surface area contributed by atoms with Gasteiger partial charge in [-0.2, -0.15) is 0 Å².